The Kier molecular flexibility index (Phi) is 3.09. The molecule has 2 saturated heterocycles. The summed E-state index contributed by atoms with van der Waals surface area (Å²) in [5.74, 6) is 0.396. The minimum Gasteiger partial charge on any atom is -0.340 e. The Bertz CT molecular complexity index is 600. The number of rotatable bonds is 2. The lowest BCUT2D eigenvalue weighted by molar-refractivity contribution is 0.287. The van der Waals surface area contributed by atoms with Crippen LogP contribution in [0, 0.1) is 5.41 Å². The van der Waals surface area contributed by atoms with Gasteiger partial charge < -0.3 is 4.90 Å². The second-order valence-corrected chi connectivity index (χ2v) is 8.48. The van der Waals surface area contributed by atoms with Crippen LogP contribution in [0.5, 0.6) is 0 Å². The van der Waals surface area contributed by atoms with Crippen molar-refractivity contribution in [3.8, 4) is 0 Å². The molecule has 2 aliphatic heterocycles. The normalized spacial score (nSPS) is 30.4. The van der Waals surface area contributed by atoms with Crippen molar-refractivity contribution in [3.63, 3.8) is 0 Å². The summed E-state index contributed by atoms with van der Waals surface area (Å²) < 4.78 is 23.5. The molecule has 3 rings (SSSR count). The number of fused-ring (bicyclic) bond motifs is 1. The van der Waals surface area contributed by atoms with Crippen molar-refractivity contribution in [2.45, 2.75) is 24.3 Å². The van der Waals surface area contributed by atoms with E-state index in [0.717, 1.165) is 5.56 Å². The van der Waals surface area contributed by atoms with E-state index in [-0.39, 0.29) is 28.8 Å². The standard InChI is InChI=1S/C13H16N2O2S2/c1-9(10-5-3-2-4-6-10)15-11-7-19(16,17)8-12(11)18-13(15)14/h2-6,9,11-12,14H,7-8H2,1H3/t9-,11-,12-/m1/s1. The second-order valence-electron chi connectivity index (χ2n) is 5.10. The predicted octanol–water partition coefficient (Wildman–Crippen LogP) is 1.90. The lowest BCUT2D eigenvalue weighted by atomic mass is 10.1. The molecule has 0 aliphatic carbocycles. The predicted molar refractivity (Wildman–Crippen MR) is 78.2 cm³/mol. The summed E-state index contributed by atoms with van der Waals surface area (Å²) in [6, 6.07) is 9.97. The summed E-state index contributed by atoms with van der Waals surface area (Å²) in [7, 11) is -2.94. The van der Waals surface area contributed by atoms with Crippen LogP contribution >= 0.6 is 11.8 Å². The van der Waals surface area contributed by atoms with Crippen molar-refractivity contribution >= 4 is 26.8 Å². The minimum absolute atomic E-state index is 0.0312. The molecular weight excluding hydrogens is 280 g/mol. The van der Waals surface area contributed by atoms with Gasteiger partial charge in [0.1, 0.15) is 0 Å². The van der Waals surface area contributed by atoms with E-state index in [1.54, 1.807) is 0 Å². The van der Waals surface area contributed by atoms with Crippen LogP contribution in [0.2, 0.25) is 0 Å². The summed E-state index contributed by atoms with van der Waals surface area (Å²) in [5, 5.41) is 8.64. The molecule has 0 aromatic heterocycles. The highest BCUT2D eigenvalue weighted by molar-refractivity contribution is 8.15. The van der Waals surface area contributed by atoms with Gasteiger partial charge in [-0.2, -0.15) is 0 Å². The van der Waals surface area contributed by atoms with Crippen LogP contribution < -0.4 is 0 Å². The molecule has 2 aliphatic rings. The van der Waals surface area contributed by atoms with Crippen LogP contribution in [0.25, 0.3) is 0 Å². The number of nitrogens with one attached hydrogen (secondary N) is 1. The minimum atomic E-state index is -2.94. The molecule has 1 aromatic rings. The molecule has 1 N–H and O–H groups in total. The van der Waals surface area contributed by atoms with Gasteiger partial charge >= 0.3 is 0 Å². The van der Waals surface area contributed by atoms with E-state index >= 15 is 0 Å². The molecule has 0 amide bonds. The molecule has 0 bridgehead atoms. The number of thioether (sulfide) groups is 1. The van der Waals surface area contributed by atoms with Crippen LogP contribution in [0.15, 0.2) is 30.3 Å². The van der Waals surface area contributed by atoms with Crippen molar-refractivity contribution in [2.24, 2.45) is 0 Å². The molecule has 102 valence electrons. The lowest BCUT2D eigenvalue weighted by Gasteiger charge is -2.30. The fourth-order valence-electron chi connectivity index (χ4n) is 2.88. The van der Waals surface area contributed by atoms with Gasteiger partial charge in [0, 0.05) is 5.25 Å². The summed E-state index contributed by atoms with van der Waals surface area (Å²) in [4.78, 5) is 1.97. The third kappa shape index (κ3) is 2.27. The highest BCUT2D eigenvalue weighted by Gasteiger charge is 2.49. The number of benzene rings is 1. The number of hydrogen-bond acceptors (Lipinski definition) is 4. The third-order valence-electron chi connectivity index (χ3n) is 3.83. The first kappa shape index (κ1) is 13.0. The summed E-state index contributed by atoms with van der Waals surface area (Å²) in [6.07, 6.45) is 0. The van der Waals surface area contributed by atoms with Crippen LogP contribution in [0.4, 0.5) is 0 Å². The summed E-state index contributed by atoms with van der Waals surface area (Å²) in [6.45, 7) is 2.04. The topological polar surface area (TPSA) is 61.2 Å². The highest BCUT2D eigenvalue weighted by Crippen LogP contribution is 2.41. The zero-order valence-electron chi connectivity index (χ0n) is 10.6. The number of hydrogen-bond donors (Lipinski definition) is 1. The fraction of sp³-hybridized carbons (Fsp3) is 0.462. The molecule has 3 atom stereocenters. The summed E-state index contributed by atoms with van der Waals surface area (Å²) >= 11 is 1.40. The van der Waals surface area contributed by atoms with Gasteiger partial charge in [-0.15, -0.1) is 0 Å². The first-order chi connectivity index (χ1) is 8.98. The highest BCUT2D eigenvalue weighted by atomic mass is 32.2. The van der Waals surface area contributed by atoms with Crippen LogP contribution in [-0.4, -0.2) is 41.3 Å². The van der Waals surface area contributed by atoms with Crippen molar-refractivity contribution in [1.29, 1.82) is 5.41 Å². The van der Waals surface area contributed by atoms with E-state index in [9.17, 15) is 8.42 Å². The van der Waals surface area contributed by atoms with E-state index in [4.69, 9.17) is 5.41 Å². The van der Waals surface area contributed by atoms with Gasteiger partial charge in [-0.05, 0) is 12.5 Å². The van der Waals surface area contributed by atoms with Crippen molar-refractivity contribution in [1.82, 2.24) is 4.90 Å². The maximum Gasteiger partial charge on any atom is 0.157 e. The molecule has 2 heterocycles. The maximum atomic E-state index is 11.7. The first-order valence-corrected chi connectivity index (χ1v) is 8.97. The third-order valence-corrected chi connectivity index (χ3v) is 6.97. The molecule has 0 saturated carbocycles. The lowest BCUT2D eigenvalue weighted by Crippen LogP contribution is -2.38. The van der Waals surface area contributed by atoms with E-state index < -0.39 is 9.84 Å². The van der Waals surface area contributed by atoms with Gasteiger partial charge in [0.25, 0.3) is 0 Å². The number of nitrogens with zero attached hydrogens (tertiary/aromatic N) is 1. The van der Waals surface area contributed by atoms with E-state index in [1.807, 2.05) is 42.2 Å². The zero-order valence-corrected chi connectivity index (χ0v) is 12.2. The Morgan fingerprint density at radius 2 is 2.00 bits per heavy atom. The monoisotopic (exact) mass is 296 g/mol. The Morgan fingerprint density at radius 3 is 2.68 bits per heavy atom. The van der Waals surface area contributed by atoms with Gasteiger partial charge in [-0.3, -0.25) is 5.41 Å². The molecule has 0 radical (unpaired) electrons. The number of amidine groups is 1. The molecule has 6 heteroatoms. The van der Waals surface area contributed by atoms with E-state index in [1.165, 1.54) is 11.8 Å². The average molecular weight is 296 g/mol. The Balaban J connectivity index is 1.90. The SMILES string of the molecule is C[C@H](c1ccccc1)N1C(=N)S[C@@H]2CS(=O)(=O)C[C@H]21. The Labute approximate surface area is 117 Å². The van der Waals surface area contributed by atoms with Crippen molar-refractivity contribution in [2.75, 3.05) is 11.5 Å². The van der Waals surface area contributed by atoms with E-state index in [2.05, 4.69) is 0 Å². The van der Waals surface area contributed by atoms with Gasteiger partial charge in [-0.1, -0.05) is 42.1 Å². The molecule has 1 aromatic carbocycles. The van der Waals surface area contributed by atoms with Gasteiger partial charge in [0.15, 0.2) is 15.0 Å². The zero-order chi connectivity index (χ0) is 13.6. The fourth-order valence-corrected chi connectivity index (χ4v) is 6.75. The van der Waals surface area contributed by atoms with E-state index in [0.29, 0.717) is 5.17 Å². The maximum absolute atomic E-state index is 11.7. The smallest absolute Gasteiger partial charge is 0.157 e. The van der Waals surface area contributed by atoms with Crippen molar-refractivity contribution in [3.05, 3.63) is 35.9 Å². The largest absolute Gasteiger partial charge is 0.340 e. The van der Waals surface area contributed by atoms with Gasteiger partial charge in [0.2, 0.25) is 0 Å². The van der Waals surface area contributed by atoms with Crippen molar-refractivity contribution < 1.29 is 8.42 Å². The molecule has 0 unspecified atom stereocenters. The second kappa shape index (κ2) is 4.52. The van der Waals surface area contributed by atoms with Crippen LogP contribution in [0.3, 0.4) is 0 Å². The molecular formula is C13H16N2O2S2. The Hall–Kier alpha value is -1.01. The van der Waals surface area contributed by atoms with Crippen LogP contribution in [0.1, 0.15) is 18.5 Å². The number of sulfone groups is 1. The molecule has 0 spiro atoms. The molecule has 2 fully saturated rings. The van der Waals surface area contributed by atoms with Gasteiger partial charge in [0.05, 0.1) is 23.6 Å². The average Bonchev–Trinajstić information content (AvgIpc) is 2.79. The quantitative estimate of drug-likeness (QED) is 0.905. The Morgan fingerprint density at radius 1 is 1.32 bits per heavy atom. The first-order valence-electron chi connectivity index (χ1n) is 6.27. The van der Waals surface area contributed by atoms with Gasteiger partial charge in [-0.25, -0.2) is 8.42 Å². The summed E-state index contributed by atoms with van der Waals surface area (Å²) in [5.41, 5.74) is 1.12. The molecule has 4 nitrogen and oxygen atoms in total. The van der Waals surface area contributed by atoms with Crippen LogP contribution in [-0.2, 0) is 9.84 Å². The molecule has 19 heavy (non-hydrogen) atoms.